The molecule has 4 heteroatoms. The number of hydrogen-bond acceptors (Lipinski definition) is 4. The van der Waals surface area contributed by atoms with E-state index >= 15 is 0 Å². The zero-order chi connectivity index (χ0) is 13.9. The first kappa shape index (κ1) is 14.8. The summed E-state index contributed by atoms with van der Waals surface area (Å²) in [6, 6.07) is 2.10. The molecule has 3 fully saturated rings. The van der Waals surface area contributed by atoms with Gasteiger partial charge in [0.05, 0.1) is 6.61 Å². The molecule has 1 aliphatic carbocycles. The normalized spacial score (nSPS) is 36.5. The first-order valence-corrected chi connectivity index (χ1v) is 8.62. The number of aliphatic hydroxyl groups is 1. The highest BCUT2D eigenvalue weighted by Gasteiger charge is 2.57. The van der Waals surface area contributed by atoms with E-state index in [0.717, 1.165) is 18.6 Å². The molecule has 2 heterocycles. The molecule has 0 spiro atoms. The van der Waals surface area contributed by atoms with Gasteiger partial charge in [-0.05, 0) is 58.9 Å². The van der Waals surface area contributed by atoms with E-state index in [2.05, 4.69) is 21.7 Å². The van der Waals surface area contributed by atoms with Crippen molar-refractivity contribution in [3.63, 3.8) is 0 Å². The number of rotatable bonds is 5. The van der Waals surface area contributed by atoms with Crippen molar-refractivity contribution in [2.24, 2.45) is 0 Å². The second-order valence-corrected chi connectivity index (χ2v) is 6.87. The van der Waals surface area contributed by atoms with E-state index in [4.69, 9.17) is 0 Å². The summed E-state index contributed by atoms with van der Waals surface area (Å²) in [4.78, 5) is 7.88. The first-order valence-electron chi connectivity index (χ1n) is 8.62. The van der Waals surface area contributed by atoms with E-state index in [0.29, 0.717) is 6.04 Å². The molecule has 3 rings (SSSR count). The van der Waals surface area contributed by atoms with Crippen molar-refractivity contribution < 1.29 is 5.11 Å². The van der Waals surface area contributed by atoms with Gasteiger partial charge in [-0.25, -0.2) is 0 Å². The quantitative estimate of drug-likeness (QED) is 0.814. The Labute approximate surface area is 123 Å². The van der Waals surface area contributed by atoms with Crippen LogP contribution in [0.25, 0.3) is 0 Å². The van der Waals surface area contributed by atoms with E-state index in [1.165, 1.54) is 64.7 Å². The summed E-state index contributed by atoms with van der Waals surface area (Å²) in [6.07, 6.45) is 8.32. The van der Waals surface area contributed by atoms with Gasteiger partial charge in [0.2, 0.25) is 0 Å². The summed E-state index contributed by atoms with van der Waals surface area (Å²) in [5, 5.41) is 9.24. The van der Waals surface area contributed by atoms with Crippen LogP contribution in [0.15, 0.2) is 0 Å². The van der Waals surface area contributed by atoms with Gasteiger partial charge < -0.3 is 5.11 Å². The molecule has 20 heavy (non-hydrogen) atoms. The summed E-state index contributed by atoms with van der Waals surface area (Å²) >= 11 is 0. The van der Waals surface area contributed by atoms with Crippen LogP contribution in [0.3, 0.4) is 0 Å². The Morgan fingerprint density at radius 1 is 0.850 bits per heavy atom. The van der Waals surface area contributed by atoms with Gasteiger partial charge >= 0.3 is 0 Å². The molecule has 116 valence electrons. The lowest BCUT2D eigenvalue weighted by atomic mass is 10.1. The van der Waals surface area contributed by atoms with E-state index in [1.54, 1.807) is 0 Å². The summed E-state index contributed by atoms with van der Waals surface area (Å²) < 4.78 is 0. The van der Waals surface area contributed by atoms with Gasteiger partial charge in [-0.3, -0.25) is 14.7 Å². The lowest BCUT2D eigenvalue weighted by Gasteiger charge is -2.30. The predicted octanol–water partition coefficient (Wildman–Crippen LogP) is 1.00. The van der Waals surface area contributed by atoms with Crippen LogP contribution in [0.2, 0.25) is 0 Å². The van der Waals surface area contributed by atoms with Crippen molar-refractivity contribution in [1.29, 1.82) is 0 Å². The third-order valence-electron chi connectivity index (χ3n) is 5.50. The van der Waals surface area contributed by atoms with E-state index in [9.17, 15) is 5.11 Å². The van der Waals surface area contributed by atoms with Crippen LogP contribution in [0.5, 0.6) is 0 Å². The average molecular weight is 281 g/mol. The highest BCUT2D eigenvalue weighted by molar-refractivity contribution is 5.17. The largest absolute Gasteiger partial charge is 0.395 e. The number of hydrogen-bond donors (Lipinski definition) is 1. The molecule has 0 aromatic rings. The summed E-state index contributed by atoms with van der Waals surface area (Å²) in [7, 11) is 2.20. The maximum atomic E-state index is 9.24. The lowest BCUT2D eigenvalue weighted by Crippen LogP contribution is -2.39. The third kappa shape index (κ3) is 3.03. The minimum atomic E-state index is 0.284. The summed E-state index contributed by atoms with van der Waals surface area (Å²) in [5.41, 5.74) is 0. The Morgan fingerprint density at radius 3 is 1.70 bits per heavy atom. The zero-order valence-electron chi connectivity index (χ0n) is 13.0. The smallest absolute Gasteiger partial charge is 0.0558 e. The van der Waals surface area contributed by atoms with E-state index < -0.39 is 0 Å². The molecule has 4 nitrogen and oxygen atoms in total. The van der Waals surface area contributed by atoms with Gasteiger partial charge in [-0.15, -0.1) is 0 Å². The highest BCUT2D eigenvalue weighted by Crippen LogP contribution is 2.40. The second kappa shape index (κ2) is 6.73. The maximum Gasteiger partial charge on any atom is 0.0558 e. The second-order valence-electron chi connectivity index (χ2n) is 6.87. The van der Waals surface area contributed by atoms with Gasteiger partial charge in [-0.1, -0.05) is 12.8 Å². The molecule has 0 aromatic carbocycles. The molecule has 1 N–H and O–H groups in total. The molecule has 2 unspecified atom stereocenters. The Hall–Kier alpha value is -0.160. The predicted molar refractivity (Wildman–Crippen MR) is 81.9 cm³/mol. The highest BCUT2D eigenvalue weighted by atomic mass is 16.3. The number of piperidine rings is 2. The monoisotopic (exact) mass is 281 g/mol. The molecule has 2 saturated heterocycles. The lowest BCUT2D eigenvalue weighted by molar-refractivity contribution is 0.162. The molecular weight excluding hydrogens is 250 g/mol. The Bertz CT molecular complexity index is 276. The van der Waals surface area contributed by atoms with Crippen molar-refractivity contribution in [3.8, 4) is 0 Å². The summed E-state index contributed by atoms with van der Waals surface area (Å²) in [6.45, 7) is 6.26. The first-order chi connectivity index (χ1) is 9.83. The van der Waals surface area contributed by atoms with Gasteiger partial charge in [-0.2, -0.15) is 0 Å². The Balaban J connectivity index is 1.64. The molecular formula is C16H31N3O. The fourth-order valence-electron chi connectivity index (χ4n) is 4.39. The minimum absolute atomic E-state index is 0.284. The molecule has 0 amide bonds. The Kier molecular flexibility index (Phi) is 4.97. The van der Waals surface area contributed by atoms with Crippen molar-refractivity contribution >= 4 is 0 Å². The van der Waals surface area contributed by atoms with Crippen LogP contribution in [-0.2, 0) is 0 Å². The zero-order valence-corrected chi connectivity index (χ0v) is 13.0. The van der Waals surface area contributed by atoms with Crippen molar-refractivity contribution in [1.82, 2.24) is 14.7 Å². The minimum Gasteiger partial charge on any atom is -0.395 e. The van der Waals surface area contributed by atoms with Crippen LogP contribution >= 0.6 is 0 Å². The van der Waals surface area contributed by atoms with Gasteiger partial charge in [0.25, 0.3) is 0 Å². The third-order valence-corrected chi connectivity index (χ3v) is 5.50. The van der Waals surface area contributed by atoms with E-state index in [1.807, 2.05) is 0 Å². The van der Waals surface area contributed by atoms with Crippen LogP contribution in [0.4, 0.5) is 0 Å². The number of nitrogens with zero attached hydrogens (tertiary/aromatic N) is 3. The fourth-order valence-corrected chi connectivity index (χ4v) is 4.39. The molecule has 0 bridgehead atoms. The fraction of sp³-hybridized carbons (Fsp3) is 1.00. The number of likely N-dealkylation sites (N-methyl/N-ethyl adjacent to an activating group) is 1. The van der Waals surface area contributed by atoms with Crippen LogP contribution in [0, 0.1) is 0 Å². The van der Waals surface area contributed by atoms with Crippen LogP contribution < -0.4 is 0 Å². The van der Waals surface area contributed by atoms with Crippen molar-refractivity contribution in [2.75, 3.05) is 46.4 Å². The molecule has 0 radical (unpaired) electrons. The molecule has 2 atom stereocenters. The molecule has 1 saturated carbocycles. The van der Waals surface area contributed by atoms with Gasteiger partial charge in [0, 0.05) is 24.7 Å². The standard InChI is InChI=1S/C16H31N3O/c1-17(12-13-20)14-15(18-8-4-2-5-9-18)16(14)19-10-6-3-7-11-19/h14-16,20H,2-13H2,1H3. The van der Waals surface area contributed by atoms with Crippen LogP contribution in [0.1, 0.15) is 38.5 Å². The van der Waals surface area contributed by atoms with Gasteiger partial charge in [0.15, 0.2) is 0 Å². The van der Waals surface area contributed by atoms with Crippen LogP contribution in [-0.4, -0.2) is 84.3 Å². The summed E-state index contributed by atoms with van der Waals surface area (Å²) in [5.74, 6) is 0. The number of aliphatic hydroxyl groups excluding tert-OH is 1. The molecule has 3 aliphatic rings. The average Bonchev–Trinajstić information content (AvgIpc) is 3.25. The van der Waals surface area contributed by atoms with Crippen molar-refractivity contribution in [3.05, 3.63) is 0 Å². The topological polar surface area (TPSA) is 30.0 Å². The maximum absolute atomic E-state index is 9.24. The number of likely N-dealkylation sites (tertiary alicyclic amines) is 2. The Morgan fingerprint density at radius 2 is 1.30 bits per heavy atom. The molecule has 0 aromatic heterocycles. The molecule has 2 aliphatic heterocycles. The van der Waals surface area contributed by atoms with E-state index in [-0.39, 0.29) is 6.61 Å². The SMILES string of the molecule is CN(CCO)C1C(N2CCCCC2)C1N1CCCCC1. The van der Waals surface area contributed by atoms with Gasteiger partial charge in [0.1, 0.15) is 0 Å². The van der Waals surface area contributed by atoms with Crippen molar-refractivity contribution in [2.45, 2.75) is 56.7 Å².